The van der Waals surface area contributed by atoms with Gasteiger partial charge in [-0.05, 0) is 29.7 Å². The van der Waals surface area contributed by atoms with E-state index in [1.807, 2.05) is 32.2 Å². The molecule has 0 fully saturated rings. The van der Waals surface area contributed by atoms with Crippen LogP contribution in [0, 0.1) is 5.92 Å². The Morgan fingerprint density at radius 2 is 2.16 bits per heavy atom. The Bertz CT molecular complexity index is 962. The first-order valence-electron chi connectivity index (χ1n) is 7.82. The largest absolute Gasteiger partial charge is 0.496 e. The fourth-order valence-corrected chi connectivity index (χ4v) is 4.02. The van der Waals surface area contributed by atoms with Gasteiger partial charge in [-0.25, -0.2) is 8.42 Å². The van der Waals surface area contributed by atoms with Gasteiger partial charge in [-0.2, -0.15) is 5.10 Å². The van der Waals surface area contributed by atoms with Crippen LogP contribution in [0.15, 0.2) is 35.1 Å². The zero-order chi connectivity index (χ0) is 18.0. The third-order valence-corrected chi connectivity index (χ3v) is 5.14. The van der Waals surface area contributed by atoms with Crippen molar-refractivity contribution in [2.75, 3.05) is 17.6 Å². The number of sulfonamides is 1. The zero-order valence-corrected chi connectivity index (χ0v) is 15.1. The lowest BCUT2D eigenvalue weighted by Gasteiger charge is -2.09. The first-order valence-corrected chi connectivity index (χ1v) is 9.47. The van der Waals surface area contributed by atoms with Crippen molar-refractivity contribution in [3.8, 4) is 5.75 Å². The molecule has 9 heteroatoms. The van der Waals surface area contributed by atoms with Gasteiger partial charge in [0, 0.05) is 12.4 Å². The van der Waals surface area contributed by atoms with Gasteiger partial charge in [0.15, 0.2) is 11.4 Å². The summed E-state index contributed by atoms with van der Waals surface area (Å²) < 4.78 is 39.4. The number of anilines is 1. The van der Waals surface area contributed by atoms with Crippen molar-refractivity contribution in [2.24, 2.45) is 5.92 Å². The van der Waals surface area contributed by atoms with E-state index in [2.05, 4.69) is 15.0 Å². The topological polar surface area (TPSA) is 99.2 Å². The van der Waals surface area contributed by atoms with Gasteiger partial charge in [0.05, 0.1) is 19.4 Å². The van der Waals surface area contributed by atoms with Crippen LogP contribution in [0.4, 0.5) is 5.82 Å². The van der Waals surface area contributed by atoms with E-state index < -0.39 is 10.0 Å². The maximum Gasteiger partial charge on any atom is 0.234 e. The van der Waals surface area contributed by atoms with Gasteiger partial charge < -0.3 is 9.26 Å². The van der Waals surface area contributed by atoms with Gasteiger partial charge >= 0.3 is 0 Å². The van der Waals surface area contributed by atoms with Gasteiger partial charge in [-0.15, -0.1) is 0 Å². The second-order valence-electron chi connectivity index (χ2n) is 6.18. The number of aromatic nitrogens is 3. The lowest BCUT2D eigenvalue weighted by Crippen LogP contribution is -2.20. The van der Waals surface area contributed by atoms with Gasteiger partial charge in [-0.1, -0.05) is 19.0 Å². The molecule has 0 aliphatic heterocycles. The average molecular weight is 364 g/mol. The third-order valence-electron chi connectivity index (χ3n) is 3.53. The molecule has 2 heterocycles. The number of hydrogen-bond donors (Lipinski definition) is 1. The van der Waals surface area contributed by atoms with Crippen LogP contribution in [0.2, 0.25) is 0 Å². The quantitative estimate of drug-likeness (QED) is 0.691. The number of nitrogens with one attached hydrogen (secondary N) is 1. The second kappa shape index (κ2) is 6.75. The number of hydrogen-bond acceptors (Lipinski definition) is 6. The summed E-state index contributed by atoms with van der Waals surface area (Å²) in [6.45, 7) is 4.21. The first kappa shape index (κ1) is 17.3. The van der Waals surface area contributed by atoms with E-state index in [1.54, 1.807) is 16.9 Å². The zero-order valence-electron chi connectivity index (χ0n) is 14.3. The molecule has 0 saturated carbocycles. The van der Waals surface area contributed by atoms with Crippen molar-refractivity contribution in [3.05, 3.63) is 36.2 Å². The van der Waals surface area contributed by atoms with Crippen molar-refractivity contribution >= 4 is 26.8 Å². The third kappa shape index (κ3) is 3.93. The molecular formula is C16H20N4O4S. The maximum atomic E-state index is 12.2. The van der Waals surface area contributed by atoms with E-state index in [1.165, 1.54) is 7.11 Å². The Morgan fingerprint density at radius 1 is 1.36 bits per heavy atom. The molecule has 0 radical (unpaired) electrons. The molecule has 0 amide bonds. The molecule has 0 atom stereocenters. The lowest BCUT2D eigenvalue weighted by molar-refractivity contribution is 0.418. The molecule has 1 aromatic carbocycles. The Morgan fingerprint density at radius 3 is 2.80 bits per heavy atom. The summed E-state index contributed by atoms with van der Waals surface area (Å²) in [6, 6.07) is 5.46. The highest BCUT2D eigenvalue weighted by Crippen LogP contribution is 2.34. The molecule has 0 spiro atoms. The summed E-state index contributed by atoms with van der Waals surface area (Å²) in [5.41, 5.74) is 1.35. The number of nitrogens with zero attached hydrogens (tertiary/aromatic N) is 3. The Hall–Kier alpha value is -2.55. The molecular weight excluding hydrogens is 344 g/mol. The van der Waals surface area contributed by atoms with Gasteiger partial charge in [0.2, 0.25) is 10.0 Å². The van der Waals surface area contributed by atoms with E-state index in [9.17, 15) is 8.42 Å². The van der Waals surface area contributed by atoms with Crippen molar-refractivity contribution < 1.29 is 17.7 Å². The number of fused-ring (bicyclic) bond motifs is 1. The molecule has 3 aromatic rings. The molecule has 2 aromatic heterocycles. The monoisotopic (exact) mass is 364 g/mol. The van der Waals surface area contributed by atoms with Crippen LogP contribution in [-0.2, 0) is 16.6 Å². The van der Waals surface area contributed by atoms with Crippen LogP contribution < -0.4 is 9.46 Å². The number of ether oxygens (including phenoxy) is 1. The molecule has 3 rings (SSSR count). The van der Waals surface area contributed by atoms with Crippen molar-refractivity contribution in [1.82, 2.24) is 14.9 Å². The van der Waals surface area contributed by atoms with Crippen LogP contribution in [0.3, 0.4) is 0 Å². The van der Waals surface area contributed by atoms with E-state index in [-0.39, 0.29) is 17.5 Å². The molecule has 25 heavy (non-hydrogen) atoms. The Balaban J connectivity index is 1.97. The summed E-state index contributed by atoms with van der Waals surface area (Å²) >= 11 is 0. The number of benzene rings is 1. The van der Waals surface area contributed by atoms with Crippen LogP contribution >= 0.6 is 0 Å². The van der Waals surface area contributed by atoms with Gasteiger partial charge in [-0.3, -0.25) is 9.40 Å². The summed E-state index contributed by atoms with van der Waals surface area (Å²) in [5, 5.41) is 8.53. The predicted molar refractivity (Wildman–Crippen MR) is 94.1 cm³/mol. The van der Waals surface area contributed by atoms with E-state index >= 15 is 0 Å². The Labute approximate surface area is 145 Å². The molecule has 0 bridgehead atoms. The molecule has 134 valence electrons. The highest BCUT2D eigenvalue weighted by Gasteiger charge is 2.21. The van der Waals surface area contributed by atoms with Gasteiger partial charge in [0.1, 0.15) is 11.1 Å². The van der Waals surface area contributed by atoms with Crippen LogP contribution in [0.25, 0.3) is 11.0 Å². The minimum Gasteiger partial charge on any atom is -0.496 e. The summed E-state index contributed by atoms with van der Waals surface area (Å²) in [7, 11) is -1.99. The number of methoxy groups -OCH3 is 1. The predicted octanol–water partition coefficient (Wildman–Crippen LogP) is 2.48. The maximum absolute atomic E-state index is 12.2. The summed E-state index contributed by atoms with van der Waals surface area (Å²) in [6.07, 6.45) is 3.55. The minimum absolute atomic E-state index is 0.00104. The molecule has 0 saturated heterocycles. The van der Waals surface area contributed by atoms with Gasteiger partial charge in [0.25, 0.3) is 0 Å². The van der Waals surface area contributed by atoms with E-state index in [4.69, 9.17) is 9.26 Å². The summed E-state index contributed by atoms with van der Waals surface area (Å²) in [4.78, 5) is 0. The normalized spacial score (nSPS) is 12.0. The highest BCUT2D eigenvalue weighted by atomic mass is 32.2. The highest BCUT2D eigenvalue weighted by molar-refractivity contribution is 7.92. The minimum atomic E-state index is -3.51. The first-order chi connectivity index (χ1) is 11.9. The van der Waals surface area contributed by atoms with Crippen LogP contribution in [-0.4, -0.2) is 36.2 Å². The van der Waals surface area contributed by atoms with E-state index in [0.717, 1.165) is 5.56 Å². The molecule has 0 aliphatic carbocycles. The molecule has 8 nitrogen and oxygen atoms in total. The standard InChI is InChI=1S/C16H20N4O4S/c1-11(2)10-25(21,22)19-16-15-13(23-3)7-12(8-14(15)24-18-16)9-20-6-4-5-17-20/h4-8,11H,9-10H2,1-3H3,(H,18,19). The molecule has 0 unspecified atom stereocenters. The van der Waals surface area contributed by atoms with Crippen molar-refractivity contribution in [2.45, 2.75) is 20.4 Å². The smallest absolute Gasteiger partial charge is 0.234 e. The SMILES string of the molecule is COc1cc(Cn2cccn2)cc2onc(NS(=O)(=O)CC(C)C)c12. The second-order valence-corrected chi connectivity index (χ2v) is 7.95. The van der Waals surface area contributed by atoms with E-state index in [0.29, 0.717) is 23.3 Å². The fourth-order valence-electron chi connectivity index (χ4n) is 2.62. The van der Waals surface area contributed by atoms with Crippen molar-refractivity contribution in [1.29, 1.82) is 0 Å². The van der Waals surface area contributed by atoms with Crippen molar-refractivity contribution in [3.63, 3.8) is 0 Å². The summed E-state index contributed by atoms with van der Waals surface area (Å²) in [5.74, 6) is 0.626. The van der Waals surface area contributed by atoms with Crippen LogP contribution in [0.5, 0.6) is 5.75 Å². The molecule has 0 aliphatic rings. The van der Waals surface area contributed by atoms with Crippen LogP contribution in [0.1, 0.15) is 19.4 Å². The molecule has 1 N–H and O–H groups in total. The fraction of sp³-hybridized carbons (Fsp3) is 0.375. The number of rotatable bonds is 7. The lowest BCUT2D eigenvalue weighted by atomic mass is 10.1. The Kier molecular flexibility index (Phi) is 4.67. The average Bonchev–Trinajstić information content (AvgIpc) is 3.15.